The van der Waals surface area contributed by atoms with E-state index < -0.39 is 6.09 Å². The lowest BCUT2D eigenvalue weighted by Gasteiger charge is -2.14. The number of rotatable bonds is 12. The zero-order valence-corrected chi connectivity index (χ0v) is 15.5. The predicted octanol–water partition coefficient (Wildman–Crippen LogP) is 3.25. The van der Waals surface area contributed by atoms with Crippen LogP contribution >= 0.6 is 0 Å². The lowest BCUT2D eigenvalue weighted by molar-refractivity contribution is 0.194. The van der Waals surface area contributed by atoms with Crippen molar-refractivity contribution in [2.24, 2.45) is 0 Å². The van der Waals surface area contributed by atoms with Gasteiger partial charge in [-0.3, -0.25) is 0 Å². The first-order valence-corrected chi connectivity index (χ1v) is 9.30. The topological polar surface area (TPSA) is 90.8 Å². The molecule has 0 unspecified atom stereocenters. The number of ether oxygens (including phenoxy) is 1. The Balaban J connectivity index is 1.95. The summed E-state index contributed by atoms with van der Waals surface area (Å²) in [7, 11) is 0. The van der Waals surface area contributed by atoms with Crippen molar-refractivity contribution in [2.75, 3.05) is 26.3 Å². The number of aliphatic hydroxyl groups is 1. The molecule has 0 aliphatic heterocycles. The normalized spacial score (nSPS) is 10.6. The van der Waals surface area contributed by atoms with Crippen LogP contribution in [-0.2, 0) is 6.54 Å². The van der Waals surface area contributed by atoms with E-state index in [1.807, 2.05) is 48.5 Å². The highest BCUT2D eigenvalue weighted by atomic mass is 16.5. The van der Waals surface area contributed by atoms with Crippen LogP contribution in [0.3, 0.4) is 0 Å². The zero-order valence-electron chi connectivity index (χ0n) is 15.5. The fourth-order valence-electron chi connectivity index (χ4n) is 2.70. The third-order valence-corrected chi connectivity index (χ3v) is 4.09. The van der Waals surface area contributed by atoms with Gasteiger partial charge in [-0.1, -0.05) is 42.5 Å². The molecule has 0 aliphatic rings. The van der Waals surface area contributed by atoms with Gasteiger partial charge in [0.1, 0.15) is 5.75 Å². The lowest BCUT2D eigenvalue weighted by atomic mass is 10.0. The van der Waals surface area contributed by atoms with Gasteiger partial charge in [0.05, 0.1) is 6.61 Å². The lowest BCUT2D eigenvalue weighted by Crippen LogP contribution is -2.20. The zero-order chi connectivity index (χ0) is 19.3. The van der Waals surface area contributed by atoms with Crippen molar-refractivity contribution in [2.45, 2.75) is 25.8 Å². The van der Waals surface area contributed by atoms with E-state index in [4.69, 9.17) is 14.9 Å². The number of unbranched alkanes of at least 4 members (excludes halogenated alkanes) is 1. The van der Waals surface area contributed by atoms with E-state index in [1.54, 1.807) is 0 Å². The van der Waals surface area contributed by atoms with Crippen molar-refractivity contribution in [3.63, 3.8) is 0 Å². The summed E-state index contributed by atoms with van der Waals surface area (Å²) in [5.74, 6) is 0.756. The molecule has 6 nitrogen and oxygen atoms in total. The molecule has 0 atom stereocenters. The minimum atomic E-state index is -1.04. The first-order valence-electron chi connectivity index (χ1n) is 9.30. The van der Waals surface area contributed by atoms with E-state index >= 15 is 0 Å². The Hall–Kier alpha value is -2.57. The Kier molecular flexibility index (Phi) is 9.17. The van der Waals surface area contributed by atoms with E-state index in [0.29, 0.717) is 6.61 Å². The SMILES string of the molecule is O=C(O)NCc1ccc(-c2ccccc2)c(OCCCNCCCCO)c1. The molecule has 0 heterocycles. The molecule has 2 aromatic rings. The van der Waals surface area contributed by atoms with Crippen LogP contribution in [0.5, 0.6) is 5.75 Å². The summed E-state index contributed by atoms with van der Waals surface area (Å²) >= 11 is 0. The number of carbonyl (C=O) groups is 1. The van der Waals surface area contributed by atoms with Crippen molar-refractivity contribution >= 4 is 6.09 Å². The Morgan fingerprint density at radius 2 is 1.78 bits per heavy atom. The summed E-state index contributed by atoms with van der Waals surface area (Å²) in [6.45, 7) is 2.80. The Labute approximate surface area is 160 Å². The maximum atomic E-state index is 10.7. The number of hydrogen-bond acceptors (Lipinski definition) is 4. The van der Waals surface area contributed by atoms with Crippen LogP contribution < -0.4 is 15.4 Å². The van der Waals surface area contributed by atoms with Crippen LogP contribution in [0.2, 0.25) is 0 Å². The second-order valence-corrected chi connectivity index (χ2v) is 6.24. The molecular formula is C21H28N2O4. The highest BCUT2D eigenvalue weighted by Gasteiger charge is 2.08. The van der Waals surface area contributed by atoms with Gasteiger partial charge in [-0.05, 0) is 49.5 Å². The van der Waals surface area contributed by atoms with E-state index in [9.17, 15) is 4.79 Å². The second kappa shape index (κ2) is 11.9. The van der Waals surface area contributed by atoms with Crippen LogP contribution in [0.1, 0.15) is 24.8 Å². The Morgan fingerprint density at radius 3 is 2.52 bits per heavy atom. The molecule has 6 heteroatoms. The largest absolute Gasteiger partial charge is 0.493 e. The molecule has 0 aliphatic carbocycles. The molecule has 0 bridgehead atoms. The summed E-state index contributed by atoms with van der Waals surface area (Å²) in [5, 5.41) is 23.3. The molecule has 146 valence electrons. The minimum Gasteiger partial charge on any atom is -0.493 e. The van der Waals surface area contributed by atoms with Crippen LogP contribution in [0.25, 0.3) is 11.1 Å². The molecule has 0 saturated carbocycles. The smallest absolute Gasteiger partial charge is 0.404 e. The number of amides is 1. The van der Waals surface area contributed by atoms with E-state index in [-0.39, 0.29) is 13.2 Å². The molecule has 1 amide bonds. The highest BCUT2D eigenvalue weighted by Crippen LogP contribution is 2.31. The van der Waals surface area contributed by atoms with Gasteiger partial charge in [-0.15, -0.1) is 0 Å². The van der Waals surface area contributed by atoms with Crippen molar-refractivity contribution in [1.82, 2.24) is 10.6 Å². The van der Waals surface area contributed by atoms with Gasteiger partial charge >= 0.3 is 6.09 Å². The molecule has 4 N–H and O–H groups in total. The fraction of sp³-hybridized carbons (Fsp3) is 0.381. The predicted molar refractivity (Wildman–Crippen MR) is 106 cm³/mol. The van der Waals surface area contributed by atoms with Crippen LogP contribution in [0, 0.1) is 0 Å². The number of benzene rings is 2. The van der Waals surface area contributed by atoms with Crippen LogP contribution in [-0.4, -0.2) is 42.6 Å². The molecule has 2 aromatic carbocycles. The molecule has 0 radical (unpaired) electrons. The number of hydrogen-bond donors (Lipinski definition) is 4. The molecule has 2 rings (SSSR count). The number of carboxylic acid groups (broad SMARTS) is 1. The van der Waals surface area contributed by atoms with Crippen LogP contribution in [0.4, 0.5) is 4.79 Å². The molecule has 0 fully saturated rings. The van der Waals surface area contributed by atoms with Gasteiger partial charge in [0.2, 0.25) is 0 Å². The first-order chi connectivity index (χ1) is 13.2. The maximum absolute atomic E-state index is 10.7. The van der Waals surface area contributed by atoms with Crippen molar-refractivity contribution in [3.8, 4) is 16.9 Å². The number of nitrogens with one attached hydrogen (secondary N) is 2. The van der Waals surface area contributed by atoms with Crippen LogP contribution in [0.15, 0.2) is 48.5 Å². The molecule has 0 spiro atoms. The average Bonchev–Trinajstić information content (AvgIpc) is 2.69. The summed E-state index contributed by atoms with van der Waals surface area (Å²) in [6.07, 6.45) is 1.61. The van der Waals surface area contributed by atoms with E-state index in [2.05, 4.69) is 10.6 Å². The fourth-order valence-corrected chi connectivity index (χ4v) is 2.70. The van der Waals surface area contributed by atoms with Crippen molar-refractivity contribution < 1.29 is 19.7 Å². The van der Waals surface area contributed by atoms with Gasteiger partial charge < -0.3 is 25.6 Å². The van der Waals surface area contributed by atoms with Gasteiger partial charge in [-0.25, -0.2) is 4.79 Å². The average molecular weight is 372 g/mol. The van der Waals surface area contributed by atoms with Gasteiger partial charge in [0.25, 0.3) is 0 Å². The second-order valence-electron chi connectivity index (χ2n) is 6.24. The van der Waals surface area contributed by atoms with E-state index in [0.717, 1.165) is 54.8 Å². The maximum Gasteiger partial charge on any atom is 0.404 e. The Bertz CT molecular complexity index is 692. The minimum absolute atomic E-state index is 0.236. The standard InChI is InChI=1S/C21H28N2O4/c24-13-5-4-11-22-12-6-14-27-20-15-17(16-23-21(25)26)9-10-19(20)18-7-2-1-3-8-18/h1-3,7-10,15,22-24H,4-6,11-14,16H2,(H,25,26). The molecular weight excluding hydrogens is 344 g/mol. The molecule has 27 heavy (non-hydrogen) atoms. The monoisotopic (exact) mass is 372 g/mol. The summed E-state index contributed by atoms with van der Waals surface area (Å²) in [4.78, 5) is 10.7. The van der Waals surface area contributed by atoms with E-state index in [1.165, 1.54) is 0 Å². The number of aliphatic hydroxyl groups excluding tert-OH is 1. The quantitative estimate of drug-likeness (QED) is 0.429. The van der Waals surface area contributed by atoms with Gasteiger partial charge in [0.15, 0.2) is 0 Å². The Morgan fingerprint density at radius 1 is 1.00 bits per heavy atom. The van der Waals surface area contributed by atoms with Crippen molar-refractivity contribution in [1.29, 1.82) is 0 Å². The van der Waals surface area contributed by atoms with Gasteiger partial charge in [0, 0.05) is 18.7 Å². The van der Waals surface area contributed by atoms with Crippen molar-refractivity contribution in [3.05, 3.63) is 54.1 Å². The summed E-state index contributed by atoms with van der Waals surface area (Å²) < 4.78 is 6.01. The highest BCUT2D eigenvalue weighted by molar-refractivity contribution is 5.71. The summed E-state index contributed by atoms with van der Waals surface area (Å²) in [6, 6.07) is 15.8. The molecule has 0 saturated heterocycles. The summed E-state index contributed by atoms with van der Waals surface area (Å²) in [5.41, 5.74) is 2.91. The first kappa shape index (κ1) is 20.7. The van der Waals surface area contributed by atoms with Gasteiger partial charge in [-0.2, -0.15) is 0 Å². The third-order valence-electron chi connectivity index (χ3n) is 4.09. The molecule has 0 aromatic heterocycles. The third kappa shape index (κ3) is 7.68.